The second-order valence-corrected chi connectivity index (χ2v) is 9.03. The van der Waals surface area contributed by atoms with Gasteiger partial charge in [-0.2, -0.15) is 0 Å². The van der Waals surface area contributed by atoms with Gasteiger partial charge in [0.05, 0.1) is 11.1 Å². The van der Waals surface area contributed by atoms with E-state index in [4.69, 9.17) is 11.6 Å². The zero-order valence-electron chi connectivity index (χ0n) is 14.7. The molecule has 0 aliphatic carbocycles. The topological polar surface area (TPSA) is 57.7 Å². The van der Waals surface area contributed by atoms with Crippen LogP contribution in [0.2, 0.25) is 5.02 Å². The Morgan fingerprint density at radius 2 is 1.85 bits per heavy atom. The van der Waals surface area contributed by atoms with E-state index in [1.807, 2.05) is 35.2 Å². The highest BCUT2D eigenvalue weighted by molar-refractivity contribution is 7.89. The van der Waals surface area contributed by atoms with Gasteiger partial charge in [0.2, 0.25) is 10.0 Å². The van der Waals surface area contributed by atoms with E-state index in [-0.39, 0.29) is 21.9 Å². The molecule has 0 spiro atoms. The molecule has 0 bridgehead atoms. The lowest BCUT2D eigenvalue weighted by atomic mass is 10.0. The van der Waals surface area contributed by atoms with Crippen molar-refractivity contribution >= 4 is 27.5 Å². The third kappa shape index (κ3) is 3.49. The van der Waals surface area contributed by atoms with Crippen LogP contribution in [0.3, 0.4) is 0 Å². The van der Waals surface area contributed by atoms with Crippen molar-refractivity contribution in [3.05, 3.63) is 64.7 Å². The number of hydrogen-bond acceptors (Lipinski definition) is 3. The quantitative estimate of drug-likeness (QED) is 0.799. The molecule has 1 aliphatic heterocycles. The zero-order chi connectivity index (χ0) is 18.9. The summed E-state index contributed by atoms with van der Waals surface area (Å²) < 4.78 is 26.0. The number of sulfonamides is 1. The van der Waals surface area contributed by atoms with Crippen molar-refractivity contribution in [3.8, 4) is 0 Å². The molecule has 1 atom stereocenters. The molecule has 26 heavy (non-hydrogen) atoms. The van der Waals surface area contributed by atoms with Crippen molar-refractivity contribution in [1.82, 2.24) is 9.21 Å². The van der Waals surface area contributed by atoms with Crippen molar-refractivity contribution in [1.29, 1.82) is 0 Å². The minimum atomic E-state index is -3.72. The van der Waals surface area contributed by atoms with E-state index in [0.717, 1.165) is 22.7 Å². The summed E-state index contributed by atoms with van der Waals surface area (Å²) in [7, 11) is -0.849. The fourth-order valence-electron chi connectivity index (χ4n) is 3.23. The summed E-state index contributed by atoms with van der Waals surface area (Å²) in [5.74, 6) is -0.178. The summed E-state index contributed by atoms with van der Waals surface area (Å²) in [6, 6.07) is 14.3. The van der Waals surface area contributed by atoms with E-state index in [2.05, 4.69) is 0 Å². The van der Waals surface area contributed by atoms with Crippen molar-refractivity contribution in [3.63, 3.8) is 0 Å². The van der Waals surface area contributed by atoms with Crippen molar-refractivity contribution in [2.24, 2.45) is 0 Å². The van der Waals surface area contributed by atoms with Gasteiger partial charge in [-0.15, -0.1) is 0 Å². The van der Waals surface area contributed by atoms with Crippen LogP contribution in [0.15, 0.2) is 53.4 Å². The first kappa shape index (κ1) is 18.9. The van der Waals surface area contributed by atoms with Gasteiger partial charge in [0.1, 0.15) is 4.90 Å². The van der Waals surface area contributed by atoms with Crippen molar-refractivity contribution in [2.75, 3.05) is 20.6 Å². The summed E-state index contributed by atoms with van der Waals surface area (Å²) in [4.78, 5) is 14.8. The standard InChI is InChI=1S/C19H21ClN2O3S/c1-21(2)26(24,25)18-13-15(10-11-16(18)20)19(23)22-12-6-9-17(22)14-7-4-3-5-8-14/h3-5,7-8,10-11,13,17H,6,9,12H2,1-2H3. The van der Waals surface area contributed by atoms with Gasteiger partial charge in [-0.3, -0.25) is 4.79 Å². The van der Waals surface area contributed by atoms with Crippen LogP contribution in [0.1, 0.15) is 34.8 Å². The van der Waals surface area contributed by atoms with Gasteiger partial charge in [0.25, 0.3) is 5.91 Å². The lowest BCUT2D eigenvalue weighted by Crippen LogP contribution is -2.31. The van der Waals surface area contributed by atoms with E-state index in [0.29, 0.717) is 12.1 Å². The third-order valence-corrected chi connectivity index (χ3v) is 6.93. The minimum absolute atomic E-state index is 0.00767. The number of carbonyl (C=O) groups excluding carboxylic acids is 1. The number of hydrogen-bond donors (Lipinski definition) is 0. The van der Waals surface area contributed by atoms with Gasteiger partial charge in [-0.05, 0) is 36.6 Å². The first-order valence-electron chi connectivity index (χ1n) is 8.40. The number of rotatable bonds is 4. The monoisotopic (exact) mass is 392 g/mol. The van der Waals surface area contributed by atoms with E-state index in [9.17, 15) is 13.2 Å². The molecule has 3 rings (SSSR count). The summed E-state index contributed by atoms with van der Waals surface area (Å²) in [5.41, 5.74) is 1.42. The van der Waals surface area contributed by atoms with E-state index >= 15 is 0 Å². The molecule has 0 N–H and O–H groups in total. The van der Waals surface area contributed by atoms with Crippen LogP contribution in [0, 0.1) is 0 Å². The summed E-state index contributed by atoms with van der Waals surface area (Å²) in [6.45, 7) is 0.650. The molecular formula is C19H21ClN2O3S. The van der Waals surface area contributed by atoms with Gasteiger partial charge in [-0.25, -0.2) is 12.7 Å². The number of nitrogens with zero attached hydrogens (tertiary/aromatic N) is 2. The van der Waals surface area contributed by atoms with Crippen LogP contribution in [0.25, 0.3) is 0 Å². The minimum Gasteiger partial charge on any atom is -0.332 e. The molecule has 2 aromatic rings. The Labute approximate surface area is 159 Å². The lowest BCUT2D eigenvalue weighted by molar-refractivity contribution is 0.0735. The second-order valence-electron chi connectivity index (χ2n) is 6.50. The Hall–Kier alpha value is -1.89. The predicted molar refractivity (Wildman–Crippen MR) is 102 cm³/mol. The fraction of sp³-hybridized carbons (Fsp3) is 0.316. The van der Waals surface area contributed by atoms with Gasteiger partial charge < -0.3 is 4.90 Å². The smallest absolute Gasteiger partial charge is 0.254 e. The SMILES string of the molecule is CN(C)S(=O)(=O)c1cc(C(=O)N2CCCC2c2ccccc2)ccc1Cl. The molecule has 5 nitrogen and oxygen atoms in total. The highest BCUT2D eigenvalue weighted by Gasteiger charge is 2.31. The Bertz CT molecular complexity index is 914. The molecular weight excluding hydrogens is 372 g/mol. The first-order chi connectivity index (χ1) is 12.3. The van der Waals surface area contributed by atoms with E-state index in [1.54, 1.807) is 6.07 Å². The van der Waals surface area contributed by atoms with Crippen LogP contribution >= 0.6 is 11.6 Å². The molecule has 0 aromatic heterocycles. The van der Waals surface area contributed by atoms with Crippen LogP contribution in [-0.2, 0) is 10.0 Å². The third-order valence-electron chi connectivity index (χ3n) is 4.63. The molecule has 1 fully saturated rings. The molecule has 1 aliphatic rings. The highest BCUT2D eigenvalue weighted by atomic mass is 35.5. The maximum Gasteiger partial charge on any atom is 0.254 e. The van der Waals surface area contributed by atoms with Crippen molar-refractivity contribution in [2.45, 2.75) is 23.8 Å². The van der Waals surface area contributed by atoms with Gasteiger partial charge in [0.15, 0.2) is 0 Å². The average molecular weight is 393 g/mol. The molecule has 1 heterocycles. The molecule has 1 amide bonds. The van der Waals surface area contributed by atoms with Crippen molar-refractivity contribution < 1.29 is 13.2 Å². The second kappa shape index (κ2) is 7.39. The summed E-state index contributed by atoms with van der Waals surface area (Å²) >= 11 is 6.08. The fourth-order valence-corrected chi connectivity index (χ4v) is 4.62. The number of amides is 1. The van der Waals surface area contributed by atoms with Crippen LogP contribution in [-0.4, -0.2) is 44.2 Å². The molecule has 1 saturated heterocycles. The number of carbonyl (C=O) groups is 1. The van der Waals surface area contributed by atoms with Crippen LogP contribution in [0.4, 0.5) is 0 Å². The largest absolute Gasteiger partial charge is 0.332 e. The molecule has 0 radical (unpaired) electrons. The Morgan fingerprint density at radius 3 is 2.50 bits per heavy atom. The predicted octanol–water partition coefficient (Wildman–Crippen LogP) is 3.57. The normalized spacial score (nSPS) is 17.7. The molecule has 1 unspecified atom stereocenters. The lowest BCUT2D eigenvalue weighted by Gasteiger charge is -2.25. The molecule has 7 heteroatoms. The maximum absolute atomic E-state index is 13.1. The van der Waals surface area contributed by atoms with Crippen LogP contribution < -0.4 is 0 Å². The first-order valence-corrected chi connectivity index (χ1v) is 10.2. The number of benzene rings is 2. The zero-order valence-corrected chi connectivity index (χ0v) is 16.3. The Morgan fingerprint density at radius 1 is 1.15 bits per heavy atom. The molecule has 2 aromatic carbocycles. The van der Waals surface area contributed by atoms with E-state index in [1.165, 1.54) is 26.2 Å². The van der Waals surface area contributed by atoms with Gasteiger partial charge in [0, 0.05) is 26.2 Å². The average Bonchev–Trinajstić information content (AvgIpc) is 3.11. The number of likely N-dealkylation sites (tertiary alicyclic amines) is 1. The van der Waals surface area contributed by atoms with Gasteiger partial charge >= 0.3 is 0 Å². The molecule has 0 saturated carbocycles. The van der Waals surface area contributed by atoms with Gasteiger partial charge in [-0.1, -0.05) is 41.9 Å². The summed E-state index contributed by atoms with van der Waals surface area (Å²) in [5, 5.41) is 0.108. The Balaban J connectivity index is 1.95. The maximum atomic E-state index is 13.1. The Kier molecular flexibility index (Phi) is 5.37. The summed E-state index contributed by atoms with van der Waals surface area (Å²) in [6.07, 6.45) is 1.81. The van der Waals surface area contributed by atoms with Crippen LogP contribution in [0.5, 0.6) is 0 Å². The highest BCUT2D eigenvalue weighted by Crippen LogP contribution is 2.34. The number of halogens is 1. The van der Waals surface area contributed by atoms with E-state index < -0.39 is 10.0 Å². The molecule has 138 valence electrons.